The van der Waals surface area contributed by atoms with Crippen LogP contribution in [0.4, 0.5) is 0 Å². The van der Waals surface area contributed by atoms with Crippen molar-refractivity contribution in [3.8, 4) is 0 Å². The molecule has 5 heteroatoms. The number of ether oxygens (including phenoxy) is 1. The van der Waals surface area contributed by atoms with E-state index in [1.54, 1.807) is 0 Å². The van der Waals surface area contributed by atoms with Crippen LogP contribution in [0.5, 0.6) is 0 Å². The number of carbonyl (C=O) groups is 2. The first-order chi connectivity index (χ1) is 6.95. The molecular weight excluding hydrogens is 200 g/mol. The summed E-state index contributed by atoms with van der Waals surface area (Å²) in [5.74, 6) is -2.00. The fourth-order valence-corrected chi connectivity index (χ4v) is 0.665. The predicted molar refractivity (Wildman–Crippen MR) is 53.4 cm³/mol. The van der Waals surface area contributed by atoms with Crippen LogP contribution < -0.4 is 0 Å². The molecule has 0 aliphatic carbocycles. The first kappa shape index (κ1) is 13.2. The Morgan fingerprint density at radius 2 is 1.67 bits per heavy atom. The van der Waals surface area contributed by atoms with E-state index in [9.17, 15) is 9.59 Å². The van der Waals surface area contributed by atoms with Crippen LogP contribution >= 0.6 is 0 Å². The molecule has 0 spiro atoms. The quantitative estimate of drug-likeness (QED) is 0.397. The van der Waals surface area contributed by atoms with Crippen molar-refractivity contribution in [2.45, 2.75) is 20.3 Å². The molecule has 0 aliphatic rings. The highest BCUT2D eigenvalue weighted by atomic mass is 16.5. The van der Waals surface area contributed by atoms with E-state index >= 15 is 0 Å². The fourth-order valence-electron chi connectivity index (χ4n) is 0.665. The molecule has 0 saturated carbocycles. The summed E-state index contributed by atoms with van der Waals surface area (Å²) in [6, 6.07) is 0. The molecule has 0 bridgehead atoms. The number of carboxylic acid groups (broad SMARTS) is 2. The molecule has 0 aromatic carbocycles. The number of carboxylic acids is 2. The maximum Gasteiger partial charge on any atom is 0.334 e. The minimum atomic E-state index is -1.03. The van der Waals surface area contributed by atoms with Crippen molar-refractivity contribution < 1.29 is 24.5 Å². The second kappa shape index (κ2) is 6.64. The summed E-state index contributed by atoms with van der Waals surface area (Å²) >= 11 is 0. The summed E-state index contributed by atoms with van der Waals surface area (Å²) < 4.78 is 4.91. The normalized spacial score (nSPS) is 12.4. The van der Waals surface area contributed by atoms with Crippen molar-refractivity contribution in [2.24, 2.45) is 0 Å². The van der Waals surface area contributed by atoms with Crippen LogP contribution in [-0.2, 0) is 14.3 Å². The second-order valence-electron chi connectivity index (χ2n) is 2.96. The number of hydrogen-bond donors (Lipinski definition) is 2. The van der Waals surface area contributed by atoms with Gasteiger partial charge >= 0.3 is 11.9 Å². The van der Waals surface area contributed by atoms with Crippen molar-refractivity contribution >= 4 is 11.9 Å². The molecule has 0 aromatic rings. The Morgan fingerprint density at radius 3 is 2.13 bits per heavy atom. The van der Waals surface area contributed by atoms with Crippen molar-refractivity contribution in [3.05, 3.63) is 23.5 Å². The lowest BCUT2D eigenvalue weighted by molar-refractivity contribution is -0.133. The Kier molecular flexibility index (Phi) is 5.85. The van der Waals surface area contributed by atoms with Gasteiger partial charge in [-0.25, -0.2) is 9.59 Å². The van der Waals surface area contributed by atoms with E-state index in [1.807, 2.05) is 0 Å². The number of rotatable bonds is 6. The van der Waals surface area contributed by atoms with Gasteiger partial charge in [-0.05, 0) is 13.8 Å². The number of hydrogen-bond acceptors (Lipinski definition) is 3. The predicted octanol–water partition coefficient (Wildman–Crippen LogP) is 1.41. The van der Waals surface area contributed by atoms with Gasteiger partial charge in [-0.15, -0.1) is 0 Å². The molecule has 0 atom stereocenters. The highest BCUT2D eigenvalue weighted by Gasteiger charge is 1.99. The first-order valence-electron chi connectivity index (χ1n) is 4.37. The van der Waals surface area contributed by atoms with Gasteiger partial charge in [-0.2, -0.15) is 0 Å². The molecule has 0 saturated heterocycles. The Bertz CT molecular complexity index is 271. The minimum absolute atomic E-state index is 0.105. The maximum absolute atomic E-state index is 10.4. The molecule has 84 valence electrons. The van der Waals surface area contributed by atoms with E-state index in [4.69, 9.17) is 14.9 Å². The summed E-state index contributed by atoms with van der Waals surface area (Å²) in [5.41, 5.74) is 0.353. The zero-order chi connectivity index (χ0) is 11.8. The van der Waals surface area contributed by atoms with Gasteiger partial charge < -0.3 is 14.9 Å². The van der Waals surface area contributed by atoms with Gasteiger partial charge in [-0.1, -0.05) is 6.08 Å². The van der Waals surface area contributed by atoms with Crippen molar-refractivity contribution in [1.29, 1.82) is 0 Å². The second-order valence-corrected chi connectivity index (χ2v) is 2.96. The van der Waals surface area contributed by atoms with Crippen LogP contribution in [0.15, 0.2) is 23.5 Å². The molecule has 0 heterocycles. The van der Waals surface area contributed by atoms with Gasteiger partial charge in [0, 0.05) is 12.0 Å². The van der Waals surface area contributed by atoms with E-state index in [-0.39, 0.29) is 17.8 Å². The molecular formula is C10H14O5. The van der Waals surface area contributed by atoms with Crippen molar-refractivity contribution in [3.63, 3.8) is 0 Å². The average Bonchev–Trinajstić information content (AvgIpc) is 2.16. The van der Waals surface area contributed by atoms with Gasteiger partial charge in [0.05, 0.1) is 18.4 Å². The molecule has 2 N–H and O–H groups in total. The van der Waals surface area contributed by atoms with Crippen LogP contribution in [0.2, 0.25) is 0 Å². The number of aliphatic carboxylic acids is 2. The standard InChI is InChI=1S/C10H14O5/c1-7(9(11)12)4-3-5-15-6-8(2)10(13)14/h4,6H,3,5H2,1-2H3,(H,11,12)(H,13,14). The van der Waals surface area contributed by atoms with Crippen LogP contribution in [0, 0.1) is 0 Å². The average molecular weight is 214 g/mol. The Labute approximate surface area is 87.7 Å². The molecule has 0 unspecified atom stereocenters. The zero-order valence-electron chi connectivity index (χ0n) is 8.69. The topological polar surface area (TPSA) is 83.8 Å². The van der Waals surface area contributed by atoms with Crippen molar-refractivity contribution in [2.75, 3.05) is 6.61 Å². The molecule has 0 fully saturated rings. The lowest BCUT2D eigenvalue weighted by Crippen LogP contribution is -1.99. The monoisotopic (exact) mass is 214 g/mol. The zero-order valence-corrected chi connectivity index (χ0v) is 8.69. The largest absolute Gasteiger partial charge is 0.500 e. The lowest BCUT2D eigenvalue weighted by atomic mass is 10.2. The molecule has 0 aliphatic heterocycles. The summed E-state index contributed by atoms with van der Waals surface area (Å²) in [7, 11) is 0. The van der Waals surface area contributed by atoms with Gasteiger partial charge in [0.25, 0.3) is 0 Å². The van der Waals surface area contributed by atoms with Crippen LogP contribution in [0.1, 0.15) is 20.3 Å². The van der Waals surface area contributed by atoms with E-state index in [0.717, 1.165) is 6.26 Å². The van der Waals surface area contributed by atoms with Gasteiger partial charge in [0.15, 0.2) is 0 Å². The first-order valence-corrected chi connectivity index (χ1v) is 4.37. The van der Waals surface area contributed by atoms with Gasteiger partial charge in [-0.3, -0.25) is 0 Å². The third kappa shape index (κ3) is 6.31. The maximum atomic E-state index is 10.4. The van der Waals surface area contributed by atoms with Gasteiger partial charge in [0.2, 0.25) is 0 Å². The third-order valence-corrected chi connectivity index (χ3v) is 1.62. The molecule has 0 amide bonds. The van der Waals surface area contributed by atoms with Crippen LogP contribution in [0.3, 0.4) is 0 Å². The molecule has 0 radical (unpaired) electrons. The fraction of sp³-hybridized carbons (Fsp3) is 0.400. The molecule has 5 nitrogen and oxygen atoms in total. The highest BCUT2D eigenvalue weighted by Crippen LogP contribution is 1.97. The summed E-state index contributed by atoms with van der Waals surface area (Å²) in [6.07, 6.45) is 3.10. The molecule has 0 aromatic heterocycles. The molecule has 0 rings (SSSR count). The Hall–Kier alpha value is -1.78. The Morgan fingerprint density at radius 1 is 1.13 bits per heavy atom. The smallest absolute Gasteiger partial charge is 0.334 e. The van der Waals surface area contributed by atoms with Crippen LogP contribution in [0.25, 0.3) is 0 Å². The SMILES string of the molecule is CC(=CCCOC=C(C)C(=O)O)C(=O)O. The van der Waals surface area contributed by atoms with E-state index in [2.05, 4.69) is 0 Å². The van der Waals surface area contributed by atoms with E-state index in [1.165, 1.54) is 19.9 Å². The highest BCUT2D eigenvalue weighted by molar-refractivity contribution is 5.85. The molecule has 15 heavy (non-hydrogen) atoms. The van der Waals surface area contributed by atoms with Crippen LogP contribution in [-0.4, -0.2) is 28.8 Å². The summed E-state index contributed by atoms with van der Waals surface area (Å²) in [6.45, 7) is 3.16. The minimum Gasteiger partial charge on any atom is -0.500 e. The lowest BCUT2D eigenvalue weighted by Gasteiger charge is -1.99. The Balaban J connectivity index is 3.83. The van der Waals surface area contributed by atoms with E-state index in [0.29, 0.717) is 6.42 Å². The third-order valence-electron chi connectivity index (χ3n) is 1.62. The summed E-state index contributed by atoms with van der Waals surface area (Å²) in [5, 5.41) is 17.0. The summed E-state index contributed by atoms with van der Waals surface area (Å²) in [4.78, 5) is 20.7. The van der Waals surface area contributed by atoms with Crippen molar-refractivity contribution in [1.82, 2.24) is 0 Å². The van der Waals surface area contributed by atoms with E-state index < -0.39 is 11.9 Å². The van der Waals surface area contributed by atoms with Gasteiger partial charge in [0.1, 0.15) is 0 Å².